The normalized spacial score (nSPS) is 11.0. The van der Waals surface area contributed by atoms with Gasteiger partial charge in [0.2, 0.25) is 0 Å². The van der Waals surface area contributed by atoms with Crippen LogP contribution >= 0.6 is 0 Å². The molecule has 0 aliphatic heterocycles. The predicted octanol–water partition coefficient (Wildman–Crippen LogP) is 4.58. The largest absolute Gasteiger partial charge is 0.457 e. The van der Waals surface area contributed by atoms with Crippen molar-refractivity contribution >= 4 is 27.7 Å². The van der Waals surface area contributed by atoms with Crippen LogP contribution in [0.15, 0.2) is 69.9 Å². The lowest BCUT2D eigenvalue weighted by Crippen LogP contribution is -2.10. The third-order valence-corrected chi connectivity index (χ3v) is 4.22. The standard InChI is InChI=1S/C21H12F2O4/c22-14-6-7-16(17(23)10-14)21(25)26-11-13-9-19(24)27-18-8-5-12-3-1-2-4-15(12)20(13)18/h1-10H,11H2. The number of carbonyl (C=O) groups is 1. The van der Waals surface area contributed by atoms with Crippen molar-refractivity contribution in [3.8, 4) is 0 Å². The summed E-state index contributed by atoms with van der Waals surface area (Å²) in [7, 11) is 0. The van der Waals surface area contributed by atoms with Gasteiger partial charge in [-0.1, -0.05) is 30.3 Å². The Hall–Kier alpha value is -3.54. The lowest BCUT2D eigenvalue weighted by atomic mass is 10.0. The van der Waals surface area contributed by atoms with Crippen LogP contribution in [-0.4, -0.2) is 5.97 Å². The number of fused-ring (bicyclic) bond motifs is 3. The van der Waals surface area contributed by atoms with Crippen molar-refractivity contribution in [2.75, 3.05) is 0 Å². The van der Waals surface area contributed by atoms with Gasteiger partial charge in [0.15, 0.2) is 0 Å². The van der Waals surface area contributed by atoms with Crippen LogP contribution < -0.4 is 5.63 Å². The van der Waals surface area contributed by atoms with Crippen LogP contribution in [0.5, 0.6) is 0 Å². The molecule has 1 aromatic heterocycles. The summed E-state index contributed by atoms with van der Waals surface area (Å²) in [4.78, 5) is 24.0. The predicted molar refractivity (Wildman–Crippen MR) is 95.5 cm³/mol. The maximum absolute atomic E-state index is 13.7. The zero-order valence-electron chi connectivity index (χ0n) is 13.9. The molecular formula is C21H12F2O4. The zero-order chi connectivity index (χ0) is 19.0. The third kappa shape index (κ3) is 3.17. The van der Waals surface area contributed by atoms with Gasteiger partial charge >= 0.3 is 11.6 Å². The van der Waals surface area contributed by atoms with E-state index in [1.165, 1.54) is 6.07 Å². The molecule has 134 valence electrons. The Kier molecular flexibility index (Phi) is 4.16. The van der Waals surface area contributed by atoms with Crippen LogP contribution in [0.25, 0.3) is 21.7 Å². The minimum absolute atomic E-state index is 0.258. The highest BCUT2D eigenvalue weighted by Crippen LogP contribution is 2.28. The van der Waals surface area contributed by atoms with Crippen molar-refractivity contribution in [3.05, 3.63) is 93.8 Å². The van der Waals surface area contributed by atoms with E-state index >= 15 is 0 Å². The van der Waals surface area contributed by atoms with Crippen molar-refractivity contribution in [1.29, 1.82) is 0 Å². The first-order valence-electron chi connectivity index (χ1n) is 8.09. The first-order valence-corrected chi connectivity index (χ1v) is 8.09. The van der Waals surface area contributed by atoms with Gasteiger partial charge in [-0.3, -0.25) is 0 Å². The Morgan fingerprint density at radius 2 is 1.81 bits per heavy atom. The highest BCUT2D eigenvalue weighted by Gasteiger charge is 2.16. The van der Waals surface area contributed by atoms with Gasteiger partial charge in [0.1, 0.15) is 23.8 Å². The summed E-state index contributed by atoms with van der Waals surface area (Å²) in [6, 6.07) is 14.8. The topological polar surface area (TPSA) is 56.5 Å². The van der Waals surface area contributed by atoms with Crippen molar-refractivity contribution in [3.63, 3.8) is 0 Å². The molecule has 4 rings (SSSR count). The molecule has 0 amide bonds. The highest BCUT2D eigenvalue weighted by atomic mass is 19.1. The molecule has 0 unspecified atom stereocenters. The summed E-state index contributed by atoms with van der Waals surface area (Å²) in [5.74, 6) is -2.75. The molecule has 0 saturated heterocycles. The van der Waals surface area contributed by atoms with E-state index in [1.807, 2.05) is 30.3 Å². The average Bonchev–Trinajstić information content (AvgIpc) is 2.65. The second-order valence-corrected chi connectivity index (χ2v) is 5.95. The molecule has 0 N–H and O–H groups in total. The molecule has 0 atom stereocenters. The van der Waals surface area contributed by atoms with E-state index < -0.39 is 23.2 Å². The summed E-state index contributed by atoms with van der Waals surface area (Å²) in [6.45, 7) is -0.258. The number of ether oxygens (including phenoxy) is 1. The Labute approximate surface area is 151 Å². The van der Waals surface area contributed by atoms with Gasteiger partial charge in [-0.05, 0) is 29.0 Å². The zero-order valence-corrected chi connectivity index (χ0v) is 13.9. The number of hydrogen-bond donors (Lipinski definition) is 0. The molecule has 1 heterocycles. The first-order chi connectivity index (χ1) is 13.0. The monoisotopic (exact) mass is 366 g/mol. The molecule has 0 aliphatic rings. The van der Waals surface area contributed by atoms with E-state index in [-0.39, 0.29) is 12.2 Å². The molecule has 0 spiro atoms. The van der Waals surface area contributed by atoms with Crippen LogP contribution in [0.1, 0.15) is 15.9 Å². The SMILES string of the molecule is O=C(OCc1cc(=O)oc2ccc3ccccc3c12)c1ccc(F)cc1F. The molecule has 27 heavy (non-hydrogen) atoms. The number of hydrogen-bond acceptors (Lipinski definition) is 4. The number of benzene rings is 3. The number of rotatable bonds is 3. The number of carbonyl (C=O) groups excluding carboxylic acids is 1. The molecule has 0 radical (unpaired) electrons. The molecule has 0 fully saturated rings. The second-order valence-electron chi connectivity index (χ2n) is 5.95. The van der Waals surface area contributed by atoms with Crippen LogP contribution in [0, 0.1) is 11.6 Å². The highest BCUT2D eigenvalue weighted by molar-refractivity contribution is 6.07. The molecule has 0 saturated carbocycles. The second kappa shape index (κ2) is 6.64. The molecule has 6 heteroatoms. The molecule has 0 aliphatic carbocycles. The van der Waals surface area contributed by atoms with E-state index in [1.54, 1.807) is 6.07 Å². The van der Waals surface area contributed by atoms with Crippen molar-refractivity contribution in [2.45, 2.75) is 6.61 Å². The Balaban J connectivity index is 1.74. The summed E-state index contributed by atoms with van der Waals surface area (Å²) in [5, 5.41) is 2.40. The third-order valence-electron chi connectivity index (χ3n) is 4.22. The average molecular weight is 366 g/mol. The van der Waals surface area contributed by atoms with Crippen LogP contribution in [-0.2, 0) is 11.3 Å². The van der Waals surface area contributed by atoms with Gasteiger partial charge in [0.25, 0.3) is 0 Å². The van der Waals surface area contributed by atoms with Crippen LogP contribution in [0.2, 0.25) is 0 Å². The summed E-state index contributed by atoms with van der Waals surface area (Å²) >= 11 is 0. The van der Waals surface area contributed by atoms with E-state index in [0.29, 0.717) is 22.6 Å². The van der Waals surface area contributed by atoms with Crippen molar-refractivity contribution in [2.24, 2.45) is 0 Å². The van der Waals surface area contributed by atoms with Crippen molar-refractivity contribution in [1.82, 2.24) is 0 Å². The molecular weight excluding hydrogens is 354 g/mol. The molecule has 3 aromatic carbocycles. The number of halogens is 2. The fourth-order valence-corrected chi connectivity index (χ4v) is 3.01. The van der Waals surface area contributed by atoms with Gasteiger partial charge in [-0.2, -0.15) is 0 Å². The van der Waals surface area contributed by atoms with Crippen molar-refractivity contribution < 1.29 is 22.7 Å². The fraction of sp³-hybridized carbons (Fsp3) is 0.0476. The molecule has 4 nitrogen and oxygen atoms in total. The Morgan fingerprint density at radius 1 is 1.00 bits per heavy atom. The summed E-state index contributed by atoms with van der Waals surface area (Å²) < 4.78 is 37.1. The van der Waals surface area contributed by atoms with E-state index in [4.69, 9.17) is 9.15 Å². The summed E-state index contributed by atoms with van der Waals surface area (Å²) in [6.07, 6.45) is 0. The van der Waals surface area contributed by atoms with E-state index in [2.05, 4.69) is 0 Å². The summed E-state index contributed by atoms with van der Waals surface area (Å²) in [5.41, 5.74) is -0.167. The maximum Gasteiger partial charge on any atom is 0.341 e. The number of esters is 1. The lowest BCUT2D eigenvalue weighted by molar-refractivity contribution is 0.0468. The van der Waals surface area contributed by atoms with Crippen LogP contribution in [0.4, 0.5) is 8.78 Å². The van der Waals surface area contributed by atoms with Gasteiger partial charge in [0, 0.05) is 23.1 Å². The minimum Gasteiger partial charge on any atom is -0.457 e. The van der Waals surface area contributed by atoms with E-state index in [9.17, 15) is 18.4 Å². The minimum atomic E-state index is -1.01. The quantitative estimate of drug-likeness (QED) is 0.303. The molecule has 0 bridgehead atoms. The Morgan fingerprint density at radius 3 is 2.63 bits per heavy atom. The van der Waals surface area contributed by atoms with E-state index in [0.717, 1.165) is 22.9 Å². The van der Waals surface area contributed by atoms with Gasteiger partial charge < -0.3 is 9.15 Å². The molecule has 4 aromatic rings. The maximum atomic E-state index is 13.7. The Bertz CT molecular complexity index is 1240. The lowest BCUT2D eigenvalue weighted by Gasteiger charge is -2.10. The van der Waals surface area contributed by atoms with Gasteiger partial charge in [-0.15, -0.1) is 0 Å². The fourth-order valence-electron chi connectivity index (χ4n) is 3.01. The van der Waals surface area contributed by atoms with Gasteiger partial charge in [-0.25, -0.2) is 18.4 Å². The smallest absolute Gasteiger partial charge is 0.341 e. The first kappa shape index (κ1) is 16.9. The van der Waals surface area contributed by atoms with Gasteiger partial charge in [0.05, 0.1) is 5.56 Å². The van der Waals surface area contributed by atoms with Crippen LogP contribution in [0.3, 0.4) is 0 Å².